The summed E-state index contributed by atoms with van der Waals surface area (Å²) in [6.45, 7) is 3.85. The standard InChI is InChI=1S/C24H30N8O/c33-22-15-31(21-14-28-24(30-21)19-4-2-10-26-19)11-12-32(22)17-7-5-16(6-8-17)20-13-27-23(29-20)18-3-1-9-25-18/h5-8,13-14,18-19,25-26H,1-4,9-12,15H2,(H,27,29)(H,28,30)/t18-,19-/m0/s1. The van der Waals surface area contributed by atoms with Crippen LogP contribution in [-0.2, 0) is 4.79 Å². The Morgan fingerprint density at radius 3 is 2.21 bits per heavy atom. The monoisotopic (exact) mass is 446 g/mol. The predicted octanol–water partition coefficient (Wildman–Crippen LogP) is 2.50. The zero-order chi connectivity index (χ0) is 22.2. The predicted molar refractivity (Wildman–Crippen MR) is 127 cm³/mol. The van der Waals surface area contributed by atoms with Gasteiger partial charge in [0.05, 0.1) is 36.7 Å². The lowest BCUT2D eigenvalue weighted by Gasteiger charge is -2.34. The van der Waals surface area contributed by atoms with Gasteiger partial charge in [0.15, 0.2) is 0 Å². The second-order valence-corrected chi connectivity index (χ2v) is 9.15. The van der Waals surface area contributed by atoms with Crippen LogP contribution in [0.3, 0.4) is 0 Å². The largest absolute Gasteiger partial charge is 0.346 e. The van der Waals surface area contributed by atoms with Gasteiger partial charge in [0.2, 0.25) is 5.91 Å². The first-order valence-electron chi connectivity index (χ1n) is 12.0. The average Bonchev–Trinajstić information content (AvgIpc) is 3.65. The Kier molecular flexibility index (Phi) is 5.35. The molecule has 3 aliphatic rings. The van der Waals surface area contributed by atoms with Crippen molar-refractivity contribution in [1.82, 2.24) is 30.6 Å². The fraction of sp³-hybridized carbons (Fsp3) is 0.458. The van der Waals surface area contributed by atoms with Crippen molar-refractivity contribution < 1.29 is 4.79 Å². The molecular formula is C24H30N8O. The number of nitrogens with one attached hydrogen (secondary N) is 4. The number of H-pyrrole nitrogens is 2. The number of hydrogen-bond donors (Lipinski definition) is 4. The fourth-order valence-corrected chi connectivity index (χ4v) is 5.13. The van der Waals surface area contributed by atoms with Crippen LogP contribution in [-0.4, -0.2) is 58.6 Å². The van der Waals surface area contributed by atoms with Crippen LogP contribution in [0.4, 0.5) is 11.5 Å². The van der Waals surface area contributed by atoms with E-state index in [2.05, 4.69) is 47.6 Å². The minimum absolute atomic E-state index is 0.0975. The molecule has 172 valence electrons. The maximum atomic E-state index is 13.0. The van der Waals surface area contributed by atoms with Gasteiger partial charge in [-0.15, -0.1) is 0 Å². The van der Waals surface area contributed by atoms with E-state index in [0.29, 0.717) is 25.2 Å². The Morgan fingerprint density at radius 1 is 0.848 bits per heavy atom. The number of imidazole rings is 2. The number of nitrogens with zero attached hydrogens (tertiary/aromatic N) is 4. The molecule has 0 bridgehead atoms. The molecule has 4 N–H and O–H groups in total. The van der Waals surface area contributed by atoms with Gasteiger partial charge in [0.25, 0.3) is 0 Å². The summed E-state index contributed by atoms with van der Waals surface area (Å²) >= 11 is 0. The highest BCUT2D eigenvalue weighted by atomic mass is 16.2. The third-order valence-electron chi connectivity index (χ3n) is 7.01. The summed E-state index contributed by atoms with van der Waals surface area (Å²) in [4.78, 5) is 32.9. The van der Waals surface area contributed by atoms with Crippen LogP contribution in [0.25, 0.3) is 11.3 Å². The summed E-state index contributed by atoms with van der Waals surface area (Å²) in [7, 11) is 0. The molecule has 3 fully saturated rings. The Morgan fingerprint density at radius 2 is 1.55 bits per heavy atom. The van der Waals surface area contributed by atoms with E-state index in [1.807, 2.05) is 29.4 Å². The third kappa shape index (κ3) is 4.02. The molecule has 3 aromatic rings. The first kappa shape index (κ1) is 20.4. The SMILES string of the molecule is O=C1CN(c2cnc([C@@H]3CCCN3)[nH]2)CCN1c1ccc(-c2cnc([C@@H]3CCCN3)[nH]2)cc1. The number of aromatic nitrogens is 4. The van der Waals surface area contributed by atoms with Crippen molar-refractivity contribution in [3.8, 4) is 11.3 Å². The quantitative estimate of drug-likeness (QED) is 0.480. The third-order valence-corrected chi connectivity index (χ3v) is 7.01. The first-order chi connectivity index (χ1) is 16.2. The highest BCUT2D eigenvalue weighted by Crippen LogP contribution is 2.28. The van der Waals surface area contributed by atoms with Crippen LogP contribution in [0, 0.1) is 0 Å². The summed E-state index contributed by atoms with van der Waals surface area (Å²) in [6.07, 6.45) is 8.34. The molecule has 3 saturated heterocycles. The van der Waals surface area contributed by atoms with Crippen molar-refractivity contribution in [2.24, 2.45) is 0 Å². The van der Waals surface area contributed by atoms with Crippen LogP contribution in [0.1, 0.15) is 49.4 Å². The normalized spacial score (nSPS) is 23.6. The Bertz CT molecular complexity index is 1110. The number of piperazine rings is 1. The van der Waals surface area contributed by atoms with E-state index in [-0.39, 0.29) is 5.91 Å². The van der Waals surface area contributed by atoms with Crippen molar-refractivity contribution in [2.75, 3.05) is 42.5 Å². The summed E-state index contributed by atoms with van der Waals surface area (Å²) in [5.41, 5.74) is 3.02. The molecule has 0 spiro atoms. The van der Waals surface area contributed by atoms with E-state index < -0.39 is 0 Å². The zero-order valence-electron chi connectivity index (χ0n) is 18.7. The van der Waals surface area contributed by atoms with Crippen molar-refractivity contribution in [1.29, 1.82) is 0 Å². The van der Waals surface area contributed by atoms with Crippen LogP contribution in [0.15, 0.2) is 36.7 Å². The van der Waals surface area contributed by atoms with Gasteiger partial charge in [-0.2, -0.15) is 0 Å². The Balaban J connectivity index is 1.11. The van der Waals surface area contributed by atoms with E-state index >= 15 is 0 Å². The molecule has 3 aliphatic heterocycles. The minimum atomic E-state index is 0.0975. The summed E-state index contributed by atoms with van der Waals surface area (Å²) in [5, 5.41) is 6.94. The number of carbonyl (C=O) groups excluding carboxylic acids is 1. The topological polar surface area (TPSA) is 105 Å². The van der Waals surface area contributed by atoms with Crippen LogP contribution in [0.2, 0.25) is 0 Å². The maximum Gasteiger partial charge on any atom is 0.246 e. The first-order valence-corrected chi connectivity index (χ1v) is 12.0. The van der Waals surface area contributed by atoms with Crippen molar-refractivity contribution in [3.05, 3.63) is 48.3 Å². The van der Waals surface area contributed by atoms with Crippen LogP contribution < -0.4 is 20.4 Å². The smallest absolute Gasteiger partial charge is 0.246 e. The van der Waals surface area contributed by atoms with E-state index in [4.69, 9.17) is 0 Å². The molecule has 1 amide bonds. The number of hydrogen-bond acceptors (Lipinski definition) is 6. The number of benzene rings is 1. The number of anilines is 2. The molecule has 9 nitrogen and oxygen atoms in total. The van der Waals surface area contributed by atoms with Gasteiger partial charge in [-0.3, -0.25) is 4.79 Å². The van der Waals surface area contributed by atoms with Gasteiger partial charge in [-0.25, -0.2) is 9.97 Å². The zero-order valence-corrected chi connectivity index (χ0v) is 18.7. The van der Waals surface area contributed by atoms with Crippen molar-refractivity contribution in [3.63, 3.8) is 0 Å². The van der Waals surface area contributed by atoms with Crippen LogP contribution in [0.5, 0.6) is 0 Å². The Hall–Kier alpha value is -3.17. The second-order valence-electron chi connectivity index (χ2n) is 9.15. The van der Waals surface area contributed by atoms with Gasteiger partial charge >= 0.3 is 0 Å². The molecule has 0 aliphatic carbocycles. The molecule has 1 aromatic carbocycles. The van der Waals surface area contributed by atoms with Crippen molar-refractivity contribution >= 4 is 17.4 Å². The second kappa shape index (κ2) is 8.64. The molecule has 2 atom stereocenters. The molecule has 2 aromatic heterocycles. The molecule has 0 unspecified atom stereocenters. The lowest BCUT2D eigenvalue weighted by atomic mass is 10.1. The van der Waals surface area contributed by atoms with Gasteiger partial charge in [0.1, 0.15) is 17.5 Å². The Labute approximate surface area is 193 Å². The number of carbonyl (C=O) groups is 1. The molecule has 33 heavy (non-hydrogen) atoms. The number of amides is 1. The van der Waals surface area contributed by atoms with E-state index in [9.17, 15) is 4.79 Å². The summed E-state index contributed by atoms with van der Waals surface area (Å²) < 4.78 is 0. The van der Waals surface area contributed by atoms with Crippen LogP contribution >= 0.6 is 0 Å². The summed E-state index contributed by atoms with van der Waals surface area (Å²) in [6, 6.07) is 8.80. The van der Waals surface area contributed by atoms with Gasteiger partial charge < -0.3 is 30.4 Å². The molecule has 9 heteroatoms. The summed E-state index contributed by atoms with van der Waals surface area (Å²) in [5.74, 6) is 3.00. The molecular weight excluding hydrogens is 416 g/mol. The molecule has 0 radical (unpaired) electrons. The van der Waals surface area contributed by atoms with Crippen molar-refractivity contribution in [2.45, 2.75) is 37.8 Å². The van der Waals surface area contributed by atoms with Gasteiger partial charge in [0, 0.05) is 18.8 Å². The molecule has 0 saturated carbocycles. The number of aromatic amines is 2. The lowest BCUT2D eigenvalue weighted by Crippen LogP contribution is -2.50. The molecule has 6 rings (SSSR count). The molecule has 5 heterocycles. The van der Waals surface area contributed by atoms with E-state index in [1.165, 1.54) is 12.8 Å². The van der Waals surface area contributed by atoms with E-state index in [1.54, 1.807) is 0 Å². The van der Waals surface area contributed by atoms with Gasteiger partial charge in [-0.1, -0.05) is 12.1 Å². The lowest BCUT2D eigenvalue weighted by molar-refractivity contribution is -0.117. The van der Waals surface area contributed by atoms with E-state index in [0.717, 1.165) is 66.9 Å². The highest BCUT2D eigenvalue weighted by Gasteiger charge is 2.27. The maximum absolute atomic E-state index is 13.0. The van der Waals surface area contributed by atoms with Gasteiger partial charge in [-0.05, 0) is 56.5 Å². The minimum Gasteiger partial charge on any atom is -0.346 e. The highest BCUT2D eigenvalue weighted by molar-refractivity contribution is 5.97. The number of rotatable bonds is 5. The fourth-order valence-electron chi connectivity index (χ4n) is 5.13. The average molecular weight is 447 g/mol.